The van der Waals surface area contributed by atoms with Crippen LogP contribution in [-0.4, -0.2) is 54.9 Å². The Labute approximate surface area is 204 Å². The molecular formula is C25H34FN7O2. The van der Waals surface area contributed by atoms with Gasteiger partial charge in [0.05, 0.1) is 23.4 Å². The number of likely N-dealkylation sites (N-methyl/N-ethyl adjacent to an activating group) is 1. The van der Waals surface area contributed by atoms with Gasteiger partial charge in [-0.2, -0.15) is 0 Å². The molecular weight excluding hydrogens is 449 g/mol. The summed E-state index contributed by atoms with van der Waals surface area (Å²) in [5.74, 6) is -0.788. The van der Waals surface area contributed by atoms with Crippen molar-refractivity contribution in [3.63, 3.8) is 0 Å². The number of rotatable bonds is 11. The number of carbonyl (C=O) groups is 1. The van der Waals surface area contributed by atoms with E-state index in [-0.39, 0.29) is 29.3 Å². The van der Waals surface area contributed by atoms with Crippen LogP contribution in [0.15, 0.2) is 30.5 Å². The molecule has 0 bridgehead atoms. The lowest BCUT2D eigenvalue weighted by Gasteiger charge is -2.23. The molecule has 3 aromatic rings. The van der Waals surface area contributed by atoms with E-state index in [0.29, 0.717) is 18.2 Å². The van der Waals surface area contributed by atoms with Gasteiger partial charge in [-0.05, 0) is 49.9 Å². The van der Waals surface area contributed by atoms with E-state index in [4.69, 9.17) is 16.2 Å². The molecule has 9 nitrogen and oxygen atoms in total. The van der Waals surface area contributed by atoms with Crippen molar-refractivity contribution in [2.45, 2.75) is 31.8 Å². The molecule has 2 heterocycles. The number of primary amides is 1. The maximum atomic E-state index is 14.9. The average Bonchev–Trinajstić information content (AvgIpc) is 3.60. The van der Waals surface area contributed by atoms with Crippen molar-refractivity contribution in [3.05, 3.63) is 41.8 Å². The highest BCUT2D eigenvalue weighted by atomic mass is 19.1. The van der Waals surface area contributed by atoms with E-state index in [1.165, 1.54) is 0 Å². The number of halogens is 1. The van der Waals surface area contributed by atoms with Crippen molar-refractivity contribution in [2.75, 3.05) is 42.8 Å². The minimum atomic E-state index is -0.767. The second-order valence-corrected chi connectivity index (χ2v) is 9.34. The van der Waals surface area contributed by atoms with E-state index in [9.17, 15) is 9.18 Å². The van der Waals surface area contributed by atoms with Gasteiger partial charge < -0.3 is 36.3 Å². The lowest BCUT2D eigenvalue weighted by atomic mass is 10.1. The van der Waals surface area contributed by atoms with Gasteiger partial charge in [0.25, 0.3) is 5.91 Å². The molecule has 35 heavy (non-hydrogen) atoms. The smallest absolute Gasteiger partial charge is 0.252 e. The fourth-order valence-corrected chi connectivity index (χ4v) is 4.40. The molecule has 0 saturated heterocycles. The summed E-state index contributed by atoms with van der Waals surface area (Å²) in [6.07, 6.45) is 4.15. The number of ether oxygens (including phenoxy) is 1. The third kappa shape index (κ3) is 5.33. The lowest BCUT2D eigenvalue weighted by molar-refractivity contribution is 0.100. The standard InChI is InChI=1S/C25H34FN7O2/c1-14(27)22(15-5-6-15)30-25-19(26)12-18(23(28)34)24(31-25)29-16-7-8-20-17(11-16)21(13-33(20)3)32(2)9-10-35-4/h7-8,11-15,22H,5-6,9-10,27H2,1-4H3,(H2,28,34)(H2,29,30,31)/t14-,22-/m0/s1. The minimum absolute atomic E-state index is 0.0255. The molecule has 1 fully saturated rings. The van der Waals surface area contributed by atoms with E-state index in [0.717, 1.165) is 42.0 Å². The highest BCUT2D eigenvalue weighted by molar-refractivity contribution is 6.00. The molecule has 2 atom stereocenters. The van der Waals surface area contributed by atoms with Crippen LogP contribution in [0.5, 0.6) is 0 Å². The van der Waals surface area contributed by atoms with Crippen molar-refractivity contribution in [3.8, 4) is 0 Å². The topological polar surface area (TPSA) is 123 Å². The Morgan fingerprint density at radius 1 is 1.34 bits per heavy atom. The number of nitrogens with two attached hydrogens (primary N) is 2. The first-order valence-electron chi connectivity index (χ1n) is 11.8. The SMILES string of the molecule is COCCN(C)c1cn(C)c2ccc(Nc3nc(N[C@H](C4CC4)[C@H](C)N)c(F)cc3C(N)=O)cc12. The van der Waals surface area contributed by atoms with Crippen molar-refractivity contribution in [1.82, 2.24) is 9.55 Å². The second-order valence-electron chi connectivity index (χ2n) is 9.34. The summed E-state index contributed by atoms with van der Waals surface area (Å²) >= 11 is 0. The summed E-state index contributed by atoms with van der Waals surface area (Å²) in [4.78, 5) is 18.6. The summed E-state index contributed by atoms with van der Waals surface area (Å²) in [6.45, 7) is 3.22. The quantitative estimate of drug-likeness (QED) is 0.330. The minimum Gasteiger partial charge on any atom is -0.383 e. The van der Waals surface area contributed by atoms with Crippen LogP contribution < -0.4 is 27.0 Å². The number of hydrogen-bond acceptors (Lipinski definition) is 7. The van der Waals surface area contributed by atoms with Gasteiger partial charge in [-0.25, -0.2) is 9.37 Å². The Kier molecular flexibility index (Phi) is 7.13. The maximum Gasteiger partial charge on any atom is 0.252 e. The summed E-state index contributed by atoms with van der Waals surface area (Å²) in [7, 11) is 5.67. The predicted molar refractivity (Wildman–Crippen MR) is 138 cm³/mol. The number of fused-ring (bicyclic) bond motifs is 1. The molecule has 0 radical (unpaired) electrons. The molecule has 2 aromatic heterocycles. The first kappa shape index (κ1) is 24.7. The van der Waals surface area contributed by atoms with Crippen LogP contribution in [0.1, 0.15) is 30.1 Å². The molecule has 4 rings (SSSR count). The van der Waals surface area contributed by atoms with Crippen molar-refractivity contribution in [2.24, 2.45) is 24.4 Å². The van der Waals surface area contributed by atoms with Crippen LogP contribution in [0.2, 0.25) is 0 Å². The van der Waals surface area contributed by atoms with Gasteiger partial charge in [-0.3, -0.25) is 4.79 Å². The Hall–Kier alpha value is -3.37. The van der Waals surface area contributed by atoms with Crippen LogP contribution in [-0.2, 0) is 11.8 Å². The number of aromatic nitrogens is 2. The average molecular weight is 484 g/mol. The lowest BCUT2D eigenvalue weighted by Crippen LogP contribution is -2.40. The second kappa shape index (κ2) is 10.1. The van der Waals surface area contributed by atoms with Gasteiger partial charge in [-0.15, -0.1) is 0 Å². The molecule has 10 heteroatoms. The zero-order chi connectivity index (χ0) is 25.3. The Morgan fingerprint density at radius 3 is 2.71 bits per heavy atom. The number of hydrogen-bond donors (Lipinski definition) is 4. The number of nitrogens with one attached hydrogen (secondary N) is 2. The zero-order valence-electron chi connectivity index (χ0n) is 20.6. The maximum absolute atomic E-state index is 14.9. The van der Waals surface area contributed by atoms with Crippen molar-refractivity contribution < 1.29 is 13.9 Å². The first-order chi connectivity index (χ1) is 16.7. The normalized spacial score (nSPS) is 15.1. The molecule has 1 saturated carbocycles. The molecule has 1 aliphatic carbocycles. The molecule has 188 valence electrons. The van der Waals surface area contributed by atoms with Crippen LogP contribution in [0.4, 0.5) is 27.4 Å². The Morgan fingerprint density at radius 2 is 2.09 bits per heavy atom. The number of pyridine rings is 1. The molecule has 6 N–H and O–H groups in total. The number of anilines is 4. The highest BCUT2D eigenvalue weighted by Crippen LogP contribution is 2.36. The number of methoxy groups -OCH3 is 1. The molecule has 1 aromatic carbocycles. The van der Waals surface area contributed by atoms with E-state index in [2.05, 4.69) is 31.3 Å². The predicted octanol–water partition coefficient (Wildman–Crippen LogP) is 3.18. The van der Waals surface area contributed by atoms with E-state index >= 15 is 0 Å². The fourth-order valence-electron chi connectivity index (χ4n) is 4.40. The molecule has 1 aliphatic rings. The van der Waals surface area contributed by atoms with Crippen molar-refractivity contribution in [1.29, 1.82) is 0 Å². The van der Waals surface area contributed by atoms with E-state index in [1.54, 1.807) is 7.11 Å². The van der Waals surface area contributed by atoms with Gasteiger partial charge in [0.2, 0.25) is 0 Å². The van der Waals surface area contributed by atoms with Gasteiger partial charge in [0.15, 0.2) is 11.6 Å². The molecule has 0 aliphatic heterocycles. The number of nitrogens with zero attached hydrogens (tertiary/aromatic N) is 3. The largest absolute Gasteiger partial charge is 0.383 e. The van der Waals surface area contributed by atoms with Gasteiger partial charge in [-0.1, -0.05) is 0 Å². The third-order valence-electron chi connectivity index (χ3n) is 6.51. The number of amides is 1. The summed E-state index contributed by atoms with van der Waals surface area (Å²) in [5.41, 5.74) is 14.4. The third-order valence-corrected chi connectivity index (χ3v) is 6.51. The zero-order valence-corrected chi connectivity index (χ0v) is 20.6. The summed E-state index contributed by atoms with van der Waals surface area (Å²) < 4.78 is 22.1. The summed E-state index contributed by atoms with van der Waals surface area (Å²) in [5, 5.41) is 7.35. The van der Waals surface area contributed by atoms with Gasteiger partial charge in [0.1, 0.15) is 5.82 Å². The molecule has 0 spiro atoms. The van der Waals surface area contributed by atoms with Crippen LogP contribution in [0.3, 0.4) is 0 Å². The highest BCUT2D eigenvalue weighted by Gasteiger charge is 2.34. The van der Waals surface area contributed by atoms with Crippen LogP contribution in [0.25, 0.3) is 10.9 Å². The number of aryl methyl sites for hydroxylation is 1. The summed E-state index contributed by atoms with van der Waals surface area (Å²) in [6, 6.07) is 6.69. The monoisotopic (exact) mass is 483 g/mol. The van der Waals surface area contributed by atoms with E-state index in [1.807, 2.05) is 39.2 Å². The van der Waals surface area contributed by atoms with Crippen molar-refractivity contribution >= 4 is 39.8 Å². The molecule has 0 unspecified atom stereocenters. The first-order valence-corrected chi connectivity index (χ1v) is 11.8. The fraction of sp³-hybridized carbons (Fsp3) is 0.440. The van der Waals surface area contributed by atoms with Crippen LogP contribution >= 0.6 is 0 Å². The van der Waals surface area contributed by atoms with Gasteiger partial charge >= 0.3 is 0 Å². The number of benzene rings is 1. The van der Waals surface area contributed by atoms with E-state index < -0.39 is 11.7 Å². The number of carbonyl (C=O) groups excluding carboxylic acids is 1. The van der Waals surface area contributed by atoms with Gasteiger partial charge in [0, 0.05) is 57.1 Å². The Bertz CT molecular complexity index is 1220. The van der Waals surface area contributed by atoms with Crippen LogP contribution in [0, 0.1) is 11.7 Å². The Balaban J connectivity index is 1.69. The molecule has 1 amide bonds.